The lowest BCUT2D eigenvalue weighted by atomic mass is 9.97. The molecule has 1 saturated heterocycles. The third kappa shape index (κ3) is 3.35. The lowest BCUT2D eigenvalue weighted by molar-refractivity contribution is 0.175. The number of hydrogen-bond donors (Lipinski definition) is 1. The third-order valence-electron chi connectivity index (χ3n) is 4.44. The van der Waals surface area contributed by atoms with Gasteiger partial charge in [-0.1, -0.05) is 5.16 Å². The van der Waals surface area contributed by atoms with Gasteiger partial charge in [0.2, 0.25) is 5.89 Å². The van der Waals surface area contributed by atoms with Crippen LogP contribution in [0.1, 0.15) is 41.7 Å². The van der Waals surface area contributed by atoms with Crippen LogP contribution in [-0.2, 0) is 13.6 Å². The van der Waals surface area contributed by atoms with Crippen LogP contribution in [0, 0.1) is 13.8 Å². The van der Waals surface area contributed by atoms with Crippen molar-refractivity contribution in [3.63, 3.8) is 0 Å². The zero-order valence-electron chi connectivity index (χ0n) is 13.7. The molecule has 0 spiro atoms. The first kappa shape index (κ1) is 15.5. The molecular weight excluding hydrogens is 296 g/mol. The minimum absolute atomic E-state index is 0.0339. The van der Waals surface area contributed by atoms with E-state index >= 15 is 0 Å². The van der Waals surface area contributed by atoms with Gasteiger partial charge in [-0.15, -0.1) is 0 Å². The molecule has 1 fully saturated rings. The zero-order chi connectivity index (χ0) is 16.4. The number of likely N-dealkylation sites (tertiary alicyclic amines) is 1. The fraction of sp³-hybridized carbons (Fsp3) is 0.600. The van der Waals surface area contributed by atoms with Crippen LogP contribution in [0.2, 0.25) is 0 Å². The van der Waals surface area contributed by atoms with E-state index < -0.39 is 0 Å². The van der Waals surface area contributed by atoms with Crippen LogP contribution < -0.4 is 5.32 Å². The van der Waals surface area contributed by atoms with Crippen LogP contribution in [0.4, 0.5) is 4.79 Å². The molecule has 0 radical (unpaired) electrons. The number of nitrogens with zero attached hydrogens (tertiary/aromatic N) is 5. The van der Waals surface area contributed by atoms with Gasteiger partial charge in [-0.2, -0.15) is 10.1 Å². The normalized spacial score (nSPS) is 15.9. The third-order valence-corrected chi connectivity index (χ3v) is 4.44. The van der Waals surface area contributed by atoms with Crippen molar-refractivity contribution in [2.24, 2.45) is 7.05 Å². The summed E-state index contributed by atoms with van der Waals surface area (Å²) in [5.41, 5.74) is 2.10. The summed E-state index contributed by atoms with van der Waals surface area (Å²) < 4.78 is 7.04. The van der Waals surface area contributed by atoms with Crippen LogP contribution in [0.3, 0.4) is 0 Å². The Hall–Kier alpha value is -2.38. The molecule has 124 valence electrons. The summed E-state index contributed by atoms with van der Waals surface area (Å²) in [5, 5.41) is 11.0. The smallest absolute Gasteiger partial charge is 0.317 e. The van der Waals surface area contributed by atoms with Gasteiger partial charge in [0.1, 0.15) is 0 Å². The number of amides is 2. The molecule has 2 amide bonds. The number of rotatable bonds is 3. The lowest BCUT2D eigenvalue weighted by Crippen LogP contribution is -2.43. The highest BCUT2D eigenvalue weighted by Gasteiger charge is 2.27. The predicted octanol–water partition coefficient (Wildman–Crippen LogP) is 1.51. The average Bonchev–Trinajstić information content (AvgIpc) is 3.13. The molecule has 1 aliphatic heterocycles. The number of urea groups is 1. The topological polar surface area (TPSA) is 89.1 Å². The highest BCUT2D eigenvalue weighted by atomic mass is 16.5. The first-order chi connectivity index (χ1) is 11.0. The molecule has 0 bridgehead atoms. The molecular formula is C15H22N6O2. The number of piperidine rings is 1. The molecule has 2 aromatic heterocycles. The summed E-state index contributed by atoms with van der Waals surface area (Å²) in [4.78, 5) is 18.4. The van der Waals surface area contributed by atoms with Gasteiger partial charge < -0.3 is 14.7 Å². The molecule has 0 atom stereocenters. The summed E-state index contributed by atoms with van der Waals surface area (Å²) in [6.45, 7) is 5.71. The number of carbonyl (C=O) groups is 1. The monoisotopic (exact) mass is 318 g/mol. The molecule has 0 aliphatic carbocycles. The Morgan fingerprint density at radius 2 is 2.13 bits per heavy atom. The Kier molecular flexibility index (Phi) is 4.31. The van der Waals surface area contributed by atoms with Crippen molar-refractivity contribution in [3.8, 4) is 0 Å². The molecule has 8 nitrogen and oxygen atoms in total. The second kappa shape index (κ2) is 6.39. The molecule has 0 unspecified atom stereocenters. The van der Waals surface area contributed by atoms with E-state index in [0.29, 0.717) is 31.3 Å². The Morgan fingerprint density at radius 1 is 1.39 bits per heavy atom. The fourth-order valence-electron chi connectivity index (χ4n) is 2.81. The van der Waals surface area contributed by atoms with Crippen LogP contribution in [0.5, 0.6) is 0 Å². The molecule has 23 heavy (non-hydrogen) atoms. The number of nitrogens with one attached hydrogen (secondary N) is 1. The van der Waals surface area contributed by atoms with Gasteiger partial charge >= 0.3 is 6.03 Å². The van der Waals surface area contributed by atoms with Crippen LogP contribution in [0.25, 0.3) is 0 Å². The van der Waals surface area contributed by atoms with Crippen LogP contribution in [0.15, 0.2) is 10.7 Å². The Labute approximate surface area is 134 Å². The van der Waals surface area contributed by atoms with Gasteiger partial charge in [0.15, 0.2) is 5.82 Å². The standard InChI is InChI=1S/C15H22N6O2/c1-10-13(9-17-20(10)3)8-16-15(22)21-6-4-12(5-7-21)14-18-11(2)19-23-14/h9,12H,4-8H2,1-3H3,(H,16,22). The highest BCUT2D eigenvalue weighted by molar-refractivity contribution is 5.74. The molecule has 1 N–H and O–H groups in total. The molecule has 8 heteroatoms. The van der Waals surface area contributed by atoms with Gasteiger partial charge in [-0.3, -0.25) is 4.68 Å². The number of carbonyl (C=O) groups excluding carboxylic acids is 1. The average molecular weight is 318 g/mol. The van der Waals surface area contributed by atoms with Gasteiger partial charge in [-0.25, -0.2) is 4.79 Å². The van der Waals surface area contributed by atoms with Gasteiger partial charge in [-0.05, 0) is 26.7 Å². The van der Waals surface area contributed by atoms with Crippen molar-refractivity contribution in [2.45, 2.75) is 39.2 Å². The van der Waals surface area contributed by atoms with Gasteiger partial charge in [0, 0.05) is 43.9 Å². The Morgan fingerprint density at radius 3 is 2.70 bits per heavy atom. The maximum atomic E-state index is 12.3. The largest absolute Gasteiger partial charge is 0.339 e. The van der Waals surface area contributed by atoms with E-state index in [-0.39, 0.29) is 11.9 Å². The fourth-order valence-corrected chi connectivity index (χ4v) is 2.81. The number of aryl methyl sites for hydroxylation is 2. The summed E-state index contributed by atoms with van der Waals surface area (Å²) in [7, 11) is 1.89. The molecule has 0 saturated carbocycles. The Bertz CT molecular complexity index is 684. The van der Waals surface area contributed by atoms with Crippen molar-refractivity contribution in [1.82, 2.24) is 30.1 Å². The second-order valence-electron chi connectivity index (χ2n) is 5.98. The second-order valence-corrected chi connectivity index (χ2v) is 5.98. The molecule has 3 rings (SSSR count). The molecule has 2 aromatic rings. The van der Waals surface area contributed by atoms with Crippen molar-refractivity contribution in [2.75, 3.05) is 13.1 Å². The van der Waals surface area contributed by atoms with Gasteiger partial charge in [0.25, 0.3) is 0 Å². The van der Waals surface area contributed by atoms with E-state index in [2.05, 4.69) is 20.6 Å². The molecule has 0 aromatic carbocycles. The van der Waals surface area contributed by atoms with Crippen LogP contribution in [-0.4, -0.2) is 43.9 Å². The first-order valence-corrected chi connectivity index (χ1v) is 7.85. The molecule has 3 heterocycles. The van der Waals surface area contributed by atoms with Crippen molar-refractivity contribution in [3.05, 3.63) is 29.2 Å². The maximum Gasteiger partial charge on any atom is 0.317 e. The van der Waals surface area contributed by atoms with E-state index in [1.54, 1.807) is 10.9 Å². The minimum Gasteiger partial charge on any atom is -0.339 e. The summed E-state index contributed by atoms with van der Waals surface area (Å²) in [6, 6.07) is -0.0339. The van der Waals surface area contributed by atoms with E-state index in [1.807, 2.05) is 25.8 Å². The van der Waals surface area contributed by atoms with Crippen molar-refractivity contribution < 1.29 is 9.32 Å². The minimum atomic E-state index is -0.0339. The number of hydrogen-bond acceptors (Lipinski definition) is 5. The van der Waals surface area contributed by atoms with E-state index in [4.69, 9.17) is 4.52 Å². The summed E-state index contributed by atoms with van der Waals surface area (Å²) in [6.07, 6.45) is 3.49. The van der Waals surface area contributed by atoms with E-state index in [9.17, 15) is 4.79 Å². The summed E-state index contributed by atoms with van der Waals surface area (Å²) in [5.74, 6) is 1.60. The Balaban J connectivity index is 1.49. The summed E-state index contributed by atoms with van der Waals surface area (Å²) >= 11 is 0. The highest BCUT2D eigenvalue weighted by Crippen LogP contribution is 2.26. The van der Waals surface area contributed by atoms with Crippen LogP contribution >= 0.6 is 0 Å². The number of aromatic nitrogens is 4. The SMILES string of the molecule is Cc1noc(C2CCN(C(=O)NCc3cnn(C)c3C)CC2)n1. The van der Waals surface area contributed by atoms with Crippen molar-refractivity contribution in [1.29, 1.82) is 0 Å². The van der Waals surface area contributed by atoms with E-state index in [0.717, 1.165) is 24.1 Å². The molecule has 1 aliphatic rings. The van der Waals surface area contributed by atoms with E-state index in [1.165, 1.54) is 0 Å². The quantitative estimate of drug-likeness (QED) is 0.926. The van der Waals surface area contributed by atoms with Gasteiger partial charge in [0.05, 0.1) is 6.20 Å². The maximum absolute atomic E-state index is 12.3. The lowest BCUT2D eigenvalue weighted by Gasteiger charge is -2.30. The first-order valence-electron chi connectivity index (χ1n) is 7.85. The van der Waals surface area contributed by atoms with Crippen molar-refractivity contribution >= 4 is 6.03 Å². The predicted molar refractivity (Wildman–Crippen MR) is 82.8 cm³/mol. The zero-order valence-corrected chi connectivity index (χ0v) is 13.7.